The molecular formula is C28H31N3O3S2. The number of hydrogen-bond acceptors (Lipinski definition) is 4. The largest absolute Gasteiger partial charge is 0.316 e. The van der Waals surface area contributed by atoms with Gasteiger partial charge in [0.25, 0.3) is 5.91 Å². The summed E-state index contributed by atoms with van der Waals surface area (Å²) in [5.74, 6) is 0.0248. The third-order valence-corrected chi connectivity index (χ3v) is 8.93. The van der Waals surface area contributed by atoms with Gasteiger partial charge >= 0.3 is 0 Å². The van der Waals surface area contributed by atoms with Gasteiger partial charge in [-0.15, -0.1) is 0 Å². The standard InChI is InChI=1S/C28H31N3O3S2/c1-5-17-31-25-16-13-23(20(2)3)18-26(25)35-28(31)29-27(32)22-11-14-24(15-12-22)36(33,34)30(4)19-21-9-7-6-8-10-21/h6-16,18,20H,5,17,19H2,1-4H3. The molecule has 188 valence electrons. The molecule has 6 nitrogen and oxygen atoms in total. The lowest BCUT2D eigenvalue weighted by atomic mass is 10.0. The number of benzene rings is 3. The van der Waals surface area contributed by atoms with Crippen molar-refractivity contribution in [3.05, 3.63) is 94.3 Å². The smallest absolute Gasteiger partial charge is 0.279 e. The van der Waals surface area contributed by atoms with Gasteiger partial charge < -0.3 is 4.57 Å². The molecule has 1 heterocycles. The molecule has 1 amide bonds. The highest BCUT2D eigenvalue weighted by Crippen LogP contribution is 2.24. The maximum absolute atomic E-state index is 13.0. The molecule has 0 unspecified atom stereocenters. The summed E-state index contributed by atoms with van der Waals surface area (Å²) in [6.07, 6.45) is 0.919. The first-order valence-electron chi connectivity index (χ1n) is 12.0. The maximum Gasteiger partial charge on any atom is 0.279 e. The molecule has 4 aromatic rings. The van der Waals surface area contributed by atoms with Crippen molar-refractivity contribution in [3.8, 4) is 0 Å². The highest BCUT2D eigenvalue weighted by atomic mass is 32.2. The summed E-state index contributed by atoms with van der Waals surface area (Å²) in [6.45, 7) is 7.44. The number of thiazole rings is 1. The Bertz CT molecular complexity index is 1530. The zero-order valence-corrected chi connectivity index (χ0v) is 22.6. The number of carbonyl (C=O) groups is 1. The summed E-state index contributed by atoms with van der Waals surface area (Å²) in [7, 11) is -2.14. The number of aryl methyl sites for hydroxylation is 1. The van der Waals surface area contributed by atoms with Crippen LogP contribution in [-0.4, -0.2) is 30.2 Å². The van der Waals surface area contributed by atoms with Crippen LogP contribution in [0.15, 0.2) is 82.7 Å². The van der Waals surface area contributed by atoms with Crippen LogP contribution in [0.2, 0.25) is 0 Å². The minimum atomic E-state index is -3.69. The first-order valence-corrected chi connectivity index (χ1v) is 14.3. The van der Waals surface area contributed by atoms with E-state index in [1.165, 1.54) is 45.5 Å². The van der Waals surface area contributed by atoms with E-state index in [1.54, 1.807) is 7.05 Å². The molecule has 8 heteroatoms. The van der Waals surface area contributed by atoms with Gasteiger partial charge in [0.2, 0.25) is 10.0 Å². The van der Waals surface area contributed by atoms with Crippen LogP contribution in [0.1, 0.15) is 54.6 Å². The van der Waals surface area contributed by atoms with Crippen LogP contribution in [0.25, 0.3) is 10.2 Å². The lowest BCUT2D eigenvalue weighted by Crippen LogP contribution is -2.26. The van der Waals surface area contributed by atoms with Gasteiger partial charge in [-0.25, -0.2) is 8.42 Å². The summed E-state index contributed by atoms with van der Waals surface area (Å²) < 4.78 is 30.5. The molecule has 36 heavy (non-hydrogen) atoms. The van der Waals surface area contributed by atoms with Crippen LogP contribution in [0.4, 0.5) is 0 Å². The Balaban J connectivity index is 1.61. The maximum atomic E-state index is 13.0. The highest BCUT2D eigenvalue weighted by Gasteiger charge is 2.21. The van der Waals surface area contributed by atoms with Crippen molar-refractivity contribution in [1.82, 2.24) is 8.87 Å². The number of nitrogens with zero attached hydrogens (tertiary/aromatic N) is 3. The summed E-state index contributed by atoms with van der Waals surface area (Å²) in [5.41, 5.74) is 3.57. The van der Waals surface area contributed by atoms with Crippen molar-refractivity contribution in [3.63, 3.8) is 0 Å². The highest BCUT2D eigenvalue weighted by molar-refractivity contribution is 7.89. The predicted octanol–water partition coefficient (Wildman–Crippen LogP) is 5.80. The number of sulfonamides is 1. The van der Waals surface area contributed by atoms with Crippen LogP contribution < -0.4 is 4.80 Å². The normalized spacial score (nSPS) is 12.7. The Labute approximate surface area is 216 Å². The van der Waals surface area contributed by atoms with Crippen LogP contribution in [-0.2, 0) is 23.1 Å². The van der Waals surface area contributed by atoms with Gasteiger partial charge in [-0.05, 0) is 59.9 Å². The predicted molar refractivity (Wildman–Crippen MR) is 146 cm³/mol. The molecular weight excluding hydrogens is 490 g/mol. The molecule has 0 aliphatic carbocycles. The second kappa shape index (κ2) is 10.9. The van der Waals surface area contributed by atoms with Crippen LogP contribution in [0.5, 0.6) is 0 Å². The molecule has 1 aromatic heterocycles. The van der Waals surface area contributed by atoms with E-state index < -0.39 is 15.9 Å². The Morgan fingerprint density at radius 3 is 2.36 bits per heavy atom. The van der Waals surface area contributed by atoms with Crippen LogP contribution in [0.3, 0.4) is 0 Å². The molecule has 0 aliphatic heterocycles. The van der Waals surface area contributed by atoms with Crippen molar-refractivity contribution in [2.75, 3.05) is 7.05 Å². The molecule has 0 bridgehead atoms. The Hall–Kier alpha value is -3.07. The van der Waals surface area contributed by atoms with Gasteiger partial charge in [-0.2, -0.15) is 9.30 Å². The van der Waals surface area contributed by atoms with E-state index in [0.717, 1.165) is 28.7 Å². The number of carbonyl (C=O) groups excluding carboxylic acids is 1. The van der Waals surface area contributed by atoms with Gasteiger partial charge in [0, 0.05) is 25.7 Å². The molecule has 0 saturated heterocycles. The molecule has 0 spiro atoms. The van der Waals surface area contributed by atoms with Gasteiger partial charge in [0.15, 0.2) is 4.80 Å². The van der Waals surface area contributed by atoms with Gasteiger partial charge in [0.1, 0.15) is 0 Å². The number of rotatable bonds is 8. The lowest BCUT2D eigenvalue weighted by Gasteiger charge is -2.17. The first kappa shape index (κ1) is 26.0. The summed E-state index contributed by atoms with van der Waals surface area (Å²) >= 11 is 1.50. The fourth-order valence-corrected chi connectivity index (χ4v) is 6.26. The van der Waals surface area contributed by atoms with Crippen molar-refractivity contribution in [2.45, 2.75) is 51.1 Å². The van der Waals surface area contributed by atoms with E-state index in [0.29, 0.717) is 16.3 Å². The molecule has 4 rings (SSSR count). The summed E-state index contributed by atoms with van der Waals surface area (Å²) in [6, 6.07) is 21.8. The van der Waals surface area contributed by atoms with Gasteiger partial charge in [-0.3, -0.25) is 4.79 Å². The second-order valence-corrected chi connectivity index (χ2v) is 12.2. The van der Waals surface area contributed by atoms with Crippen molar-refractivity contribution in [2.24, 2.45) is 4.99 Å². The average molecular weight is 522 g/mol. The van der Waals surface area contributed by atoms with Crippen LogP contribution >= 0.6 is 11.3 Å². The monoisotopic (exact) mass is 521 g/mol. The molecule has 3 aromatic carbocycles. The zero-order chi connectivity index (χ0) is 25.9. The van der Waals surface area contributed by atoms with Gasteiger partial charge in [-0.1, -0.05) is 68.5 Å². The first-order chi connectivity index (χ1) is 17.2. The Kier molecular flexibility index (Phi) is 7.88. The van der Waals surface area contributed by atoms with E-state index in [9.17, 15) is 13.2 Å². The number of fused-ring (bicyclic) bond motifs is 1. The SMILES string of the molecule is CCCn1c(=NC(=O)c2ccc(S(=O)(=O)N(C)Cc3ccccc3)cc2)sc2cc(C(C)C)ccc21. The zero-order valence-electron chi connectivity index (χ0n) is 21.0. The molecule has 0 N–H and O–H groups in total. The number of hydrogen-bond donors (Lipinski definition) is 0. The van der Waals surface area contributed by atoms with Crippen molar-refractivity contribution in [1.29, 1.82) is 0 Å². The Morgan fingerprint density at radius 1 is 1.03 bits per heavy atom. The summed E-state index contributed by atoms with van der Waals surface area (Å²) in [5, 5.41) is 0. The average Bonchev–Trinajstić information content (AvgIpc) is 3.20. The quantitative estimate of drug-likeness (QED) is 0.294. The molecule has 0 fully saturated rings. The van der Waals surface area contributed by atoms with E-state index in [4.69, 9.17) is 0 Å². The van der Waals surface area contributed by atoms with Crippen molar-refractivity contribution < 1.29 is 13.2 Å². The topological polar surface area (TPSA) is 71.7 Å². The number of aromatic nitrogens is 1. The molecule has 0 atom stereocenters. The third kappa shape index (κ3) is 5.51. The fraction of sp³-hybridized carbons (Fsp3) is 0.286. The Morgan fingerprint density at radius 2 is 1.72 bits per heavy atom. The minimum absolute atomic E-state index is 0.140. The van der Waals surface area contributed by atoms with E-state index in [2.05, 4.69) is 48.5 Å². The molecule has 0 aliphatic rings. The minimum Gasteiger partial charge on any atom is -0.316 e. The lowest BCUT2D eigenvalue weighted by molar-refractivity contribution is 0.0997. The van der Waals surface area contributed by atoms with Gasteiger partial charge in [0.05, 0.1) is 15.1 Å². The molecule has 0 saturated carbocycles. The van der Waals surface area contributed by atoms with Crippen LogP contribution in [0, 0.1) is 0 Å². The van der Waals surface area contributed by atoms with E-state index in [-0.39, 0.29) is 11.4 Å². The van der Waals surface area contributed by atoms with Crippen molar-refractivity contribution >= 4 is 37.5 Å². The van der Waals surface area contributed by atoms with E-state index in [1.807, 2.05) is 30.3 Å². The third-order valence-electron chi connectivity index (χ3n) is 6.08. The summed E-state index contributed by atoms with van der Waals surface area (Å²) in [4.78, 5) is 18.2. The van der Waals surface area contributed by atoms with E-state index >= 15 is 0 Å². The second-order valence-electron chi connectivity index (χ2n) is 9.11. The molecule has 0 radical (unpaired) electrons. The number of amides is 1. The fourth-order valence-electron chi connectivity index (χ4n) is 4.00.